The molecule has 1 fully saturated rings. The highest BCUT2D eigenvalue weighted by molar-refractivity contribution is 4.80. The van der Waals surface area contributed by atoms with Gasteiger partial charge in [0.25, 0.3) is 0 Å². The number of aliphatic hydroxyl groups is 1. The first-order chi connectivity index (χ1) is 5.38. The monoisotopic (exact) mass is 157 g/mol. The second-order valence-electron chi connectivity index (χ2n) is 3.45. The van der Waals surface area contributed by atoms with Crippen molar-refractivity contribution in [2.24, 2.45) is 11.8 Å². The van der Waals surface area contributed by atoms with E-state index in [-0.39, 0.29) is 0 Å². The van der Waals surface area contributed by atoms with E-state index in [0.29, 0.717) is 6.61 Å². The second-order valence-corrected chi connectivity index (χ2v) is 3.45. The first kappa shape index (κ1) is 9.01. The Hall–Kier alpha value is -0.0800. The molecule has 0 aromatic rings. The Morgan fingerprint density at radius 3 is 2.64 bits per heavy atom. The largest absolute Gasteiger partial charge is 0.396 e. The smallest absolute Gasteiger partial charge is 0.0431 e. The maximum absolute atomic E-state index is 8.67. The van der Waals surface area contributed by atoms with Gasteiger partial charge in [0, 0.05) is 6.61 Å². The van der Waals surface area contributed by atoms with Crippen molar-refractivity contribution < 1.29 is 5.11 Å². The van der Waals surface area contributed by atoms with Crippen molar-refractivity contribution in [3.8, 4) is 0 Å². The molecule has 1 aliphatic heterocycles. The minimum Gasteiger partial charge on any atom is -0.396 e. The van der Waals surface area contributed by atoms with Gasteiger partial charge in [-0.05, 0) is 37.8 Å². The number of aliphatic hydroxyl groups excluding tert-OH is 1. The molecule has 1 atom stereocenters. The number of nitrogens with one attached hydrogen (secondary N) is 1. The molecule has 1 heterocycles. The zero-order chi connectivity index (χ0) is 8.10. The molecule has 1 aliphatic rings. The quantitative estimate of drug-likeness (QED) is 0.624. The van der Waals surface area contributed by atoms with E-state index in [9.17, 15) is 0 Å². The van der Waals surface area contributed by atoms with Gasteiger partial charge in [-0.3, -0.25) is 0 Å². The molecular formula is C9H19NO. The molecule has 1 unspecified atom stereocenters. The molecule has 2 N–H and O–H groups in total. The van der Waals surface area contributed by atoms with E-state index in [2.05, 4.69) is 12.2 Å². The lowest BCUT2D eigenvalue weighted by molar-refractivity contribution is 0.194. The van der Waals surface area contributed by atoms with Gasteiger partial charge in [-0.2, -0.15) is 0 Å². The summed E-state index contributed by atoms with van der Waals surface area (Å²) in [5, 5.41) is 12.0. The van der Waals surface area contributed by atoms with Gasteiger partial charge < -0.3 is 10.4 Å². The zero-order valence-corrected chi connectivity index (χ0v) is 7.34. The maximum atomic E-state index is 8.67. The van der Waals surface area contributed by atoms with Crippen LogP contribution in [0.4, 0.5) is 0 Å². The van der Waals surface area contributed by atoms with Gasteiger partial charge in [-0.1, -0.05) is 13.3 Å². The minimum atomic E-state index is 0.358. The Bertz CT molecular complexity index is 102. The topological polar surface area (TPSA) is 32.3 Å². The molecule has 2 heteroatoms. The van der Waals surface area contributed by atoms with Crippen molar-refractivity contribution in [3.05, 3.63) is 0 Å². The van der Waals surface area contributed by atoms with Crippen LogP contribution in [-0.4, -0.2) is 24.8 Å². The summed E-state index contributed by atoms with van der Waals surface area (Å²) >= 11 is 0. The molecule has 0 aromatic carbocycles. The highest BCUT2D eigenvalue weighted by Gasteiger charge is 2.24. The van der Waals surface area contributed by atoms with Crippen molar-refractivity contribution in [1.82, 2.24) is 5.32 Å². The van der Waals surface area contributed by atoms with Crippen molar-refractivity contribution in [2.75, 3.05) is 19.7 Å². The molecule has 0 saturated carbocycles. The van der Waals surface area contributed by atoms with Crippen LogP contribution in [0.15, 0.2) is 0 Å². The number of hydrogen-bond donors (Lipinski definition) is 2. The van der Waals surface area contributed by atoms with Crippen molar-refractivity contribution >= 4 is 0 Å². The molecule has 0 spiro atoms. The zero-order valence-electron chi connectivity index (χ0n) is 7.34. The van der Waals surface area contributed by atoms with Crippen LogP contribution in [0.3, 0.4) is 0 Å². The van der Waals surface area contributed by atoms with Gasteiger partial charge in [0.05, 0.1) is 0 Å². The summed E-state index contributed by atoms with van der Waals surface area (Å²) in [6.07, 6.45) is 3.46. The molecule has 0 amide bonds. The lowest BCUT2D eigenvalue weighted by Crippen LogP contribution is -2.46. The fourth-order valence-corrected chi connectivity index (χ4v) is 1.77. The van der Waals surface area contributed by atoms with Crippen LogP contribution in [0.5, 0.6) is 0 Å². The van der Waals surface area contributed by atoms with Crippen LogP contribution in [0, 0.1) is 11.8 Å². The van der Waals surface area contributed by atoms with Crippen molar-refractivity contribution in [3.63, 3.8) is 0 Å². The van der Waals surface area contributed by atoms with E-state index in [1.807, 2.05) is 0 Å². The van der Waals surface area contributed by atoms with Crippen LogP contribution in [0.25, 0.3) is 0 Å². The molecule has 0 bridgehead atoms. The Balaban J connectivity index is 2.13. The molecule has 0 aliphatic carbocycles. The fourth-order valence-electron chi connectivity index (χ4n) is 1.77. The molecule has 2 nitrogen and oxygen atoms in total. The summed E-state index contributed by atoms with van der Waals surface area (Å²) in [7, 11) is 0. The lowest BCUT2D eigenvalue weighted by atomic mass is 9.82. The van der Waals surface area contributed by atoms with E-state index in [0.717, 1.165) is 18.3 Å². The predicted octanol–water partition coefficient (Wildman–Crippen LogP) is 1.00. The standard InChI is InChI=1S/C9H19NO/c1-2-8(4-3-5-11)9-6-10-7-9/h8-11H,2-7H2,1H3. The minimum absolute atomic E-state index is 0.358. The van der Waals surface area contributed by atoms with Gasteiger partial charge in [-0.15, -0.1) is 0 Å². The highest BCUT2D eigenvalue weighted by Crippen LogP contribution is 2.23. The Labute approximate surface area is 69.0 Å². The van der Waals surface area contributed by atoms with Crippen molar-refractivity contribution in [2.45, 2.75) is 26.2 Å². The Morgan fingerprint density at radius 2 is 2.27 bits per heavy atom. The third-order valence-corrected chi connectivity index (χ3v) is 2.74. The first-order valence-electron chi connectivity index (χ1n) is 4.70. The van der Waals surface area contributed by atoms with E-state index < -0.39 is 0 Å². The van der Waals surface area contributed by atoms with Crippen LogP contribution < -0.4 is 5.32 Å². The van der Waals surface area contributed by atoms with E-state index in [4.69, 9.17) is 5.11 Å². The molecule has 66 valence electrons. The summed E-state index contributed by atoms with van der Waals surface area (Å²) in [5.41, 5.74) is 0. The second kappa shape index (κ2) is 4.73. The Kier molecular flexibility index (Phi) is 3.87. The molecule has 1 saturated heterocycles. The van der Waals surface area contributed by atoms with Crippen molar-refractivity contribution in [1.29, 1.82) is 0 Å². The number of hydrogen-bond acceptors (Lipinski definition) is 2. The number of rotatable bonds is 5. The summed E-state index contributed by atoms with van der Waals surface area (Å²) in [6.45, 7) is 5.00. The van der Waals surface area contributed by atoms with Gasteiger partial charge in [0.1, 0.15) is 0 Å². The maximum Gasteiger partial charge on any atom is 0.0431 e. The fraction of sp³-hybridized carbons (Fsp3) is 1.00. The Morgan fingerprint density at radius 1 is 1.55 bits per heavy atom. The van der Waals surface area contributed by atoms with E-state index in [1.54, 1.807) is 0 Å². The molecule has 11 heavy (non-hydrogen) atoms. The van der Waals surface area contributed by atoms with E-state index >= 15 is 0 Å². The van der Waals surface area contributed by atoms with Crippen LogP contribution in [0.2, 0.25) is 0 Å². The summed E-state index contributed by atoms with van der Waals surface area (Å²) in [4.78, 5) is 0. The molecular weight excluding hydrogens is 138 g/mol. The van der Waals surface area contributed by atoms with Crippen LogP contribution in [-0.2, 0) is 0 Å². The molecule has 0 radical (unpaired) electrons. The predicted molar refractivity (Wildman–Crippen MR) is 46.5 cm³/mol. The van der Waals surface area contributed by atoms with Crippen LogP contribution >= 0.6 is 0 Å². The average molecular weight is 157 g/mol. The van der Waals surface area contributed by atoms with Gasteiger partial charge in [0.2, 0.25) is 0 Å². The lowest BCUT2D eigenvalue weighted by Gasteiger charge is -2.34. The van der Waals surface area contributed by atoms with Gasteiger partial charge in [0.15, 0.2) is 0 Å². The average Bonchev–Trinajstić information content (AvgIpc) is 1.93. The molecule has 1 rings (SSSR count). The highest BCUT2D eigenvalue weighted by atomic mass is 16.2. The third kappa shape index (κ3) is 2.46. The summed E-state index contributed by atoms with van der Waals surface area (Å²) in [5.74, 6) is 1.75. The van der Waals surface area contributed by atoms with E-state index in [1.165, 1.54) is 25.9 Å². The third-order valence-electron chi connectivity index (χ3n) is 2.74. The van der Waals surface area contributed by atoms with Gasteiger partial charge >= 0.3 is 0 Å². The van der Waals surface area contributed by atoms with Crippen LogP contribution in [0.1, 0.15) is 26.2 Å². The summed E-state index contributed by atoms with van der Waals surface area (Å²) < 4.78 is 0. The SMILES string of the molecule is CCC(CCCO)C1CNC1. The summed E-state index contributed by atoms with van der Waals surface area (Å²) in [6, 6.07) is 0. The molecule has 0 aromatic heterocycles. The first-order valence-corrected chi connectivity index (χ1v) is 4.70. The normalized spacial score (nSPS) is 21.3. The van der Waals surface area contributed by atoms with Gasteiger partial charge in [-0.25, -0.2) is 0 Å².